The molecule has 0 amide bonds. The molecular weight excluding hydrogens is 384 g/mol. The normalized spacial score (nSPS) is 37.7. The van der Waals surface area contributed by atoms with Crippen LogP contribution in [0.25, 0.3) is 0 Å². The van der Waals surface area contributed by atoms with E-state index >= 15 is 0 Å². The fourth-order valence-corrected chi connectivity index (χ4v) is 8.09. The van der Waals surface area contributed by atoms with Crippen LogP contribution in [-0.2, 0) is 0 Å². The molecule has 3 aliphatic rings. The molecule has 0 spiro atoms. The second-order valence-corrected chi connectivity index (χ2v) is 13.0. The van der Waals surface area contributed by atoms with Crippen LogP contribution in [0.2, 0.25) is 0 Å². The summed E-state index contributed by atoms with van der Waals surface area (Å²) in [7, 11) is 0. The summed E-state index contributed by atoms with van der Waals surface area (Å²) in [6.45, 7) is 14.6. The smallest absolute Gasteiger partial charge is 0.0357 e. The lowest BCUT2D eigenvalue weighted by Crippen LogP contribution is -2.25. The molecule has 0 aromatic rings. The molecule has 0 aliphatic heterocycles. The van der Waals surface area contributed by atoms with E-state index in [1.165, 1.54) is 89.9 Å². The molecule has 0 aromatic heterocycles. The average Bonchev–Trinajstić information content (AvgIpc) is 3.12. The van der Waals surface area contributed by atoms with Crippen LogP contribution in [0.4, 0.5) is 0 Å². The largest absolute Gasteiger partial charge is 0.0654 e. The van der Waals surface area contributed by atoms with Gasteiger partial charge in [0.1, 0.15) is 0 Å². The lowest BCUT2D eigenvalue weighted by atomic mass is 9.71. The molecule has 0 N–H and O–H groups in total. The molecule has 3 saturated carbocycles. The fraction of sp³-hybridized carbons (Fsp3) is 1.00. The van der Waals surface area contributed by atoms with Gasteiger partial charge in [0, 0.05) is 0 Å². The van der Waals surface area contributed by atoms with E-state index in [9.17, 15) is 0 Å². The first-order valence-corrected chi connectivity index (χ1v) is 15.4. The van der Waals surface area contributed by atoms with Crippen molar-refractivity contribution in [2.75, 3.05) is 0 Å². The van der Waals surface area contributed by atoms with Gasteiger partial charge in [-0.3, -0.25) is 0 Å². The van der Waals surface area contributed by atoms with Gasteiger partial charge in [-0.1, -0.05) is 119 Å². The van der Waals surface area contributed by atoms with Crippen LogP contribution >= 0.6 is 0 Å². The van der Waals surface area contributed by atoms with Crippen molar-refractivity contribution in [3.63, 3.8) is 0 Å². The average molecular weight is 447 g/mol. The van der Waals surface area contributed by atoms with E-state index in [1.807, 2.05) is 0 Å². The highest BCUT2D eigenvalue weighted by Gasteiger charge is 2.38. The minimum atomic E-state index is 0.988. The zero-order valence-electron chi connectivity index (χ0n) is 23.3. The van der Waals surface area contributed by atoms with Crippen molar-refractivity contribution in [2.45, 2.75) is 157 Å². The Morgan fingerprint density at radius 2 is 1.22 bits per heavy atom. The lowest BCUT2D eigenvalue weighted by Gasteiger charge is -2.34. The second-order valence-electron chi connectivity index (χ2n) is 13.0. The van der Waals surface area contributed by atoms with E-state index in [-0.39, 0.29) is 0 Å². The molecule has 0 bridgehead atoms. The highest BCUT2D eigenvalue weighted by molar-refractivity contribution is 4.88. The molecule has 0 saturated heterocycles. The molecule has 0 aromatic carbocycles. The Morgan fingerprint density at radius 1 is 0.562 bits per heavy atom. The van der Waals surface area contributed by atoms with Crippen LogP contribution in [0.1, 0.15) is 157 Å². The summed E-state index contributed by atoms with van der Waals surface area (Å²) >= 11 is 0. The molecule has 3 aliphatic carbocycles. The summed E-state index contributed by atoms with van der Waals surface area (Å²) in [5.41, 5.74) is 0. The van der Waals surface area contributed by atoms with E-state index in [0.29, 0.717) is 0 Å². The van der Waals surface area contributed by atoms with Crippen molar-refractivity contribution in [2.24, 2.45) is 47.3 Å². The fourth-order valence-electron chi connectivity index (χ4n) is 8.09. The molecule has 3 fully saturated rings. The standard InChI is InChI=1S/C25H46.C7H16/c1-18-8-7-11-24(17-18)25-13-12-23(21(25)4)10-6-5-9-22-15-19(2)14-20(3)16-22;1-3-5-7-6-4-2/h18-25H,5-17H2,1-4H3;3-7H2,1-2H3. The van der Waals surface area contributed by atoms with Gasteiger partial charge >= 0.3 is 0 Å². The van der Waals surface area contributed by atoms with Crippen molar-refractivity contribution in [1.82, 2.24) is 0 Å². The van der Waals surface area contributed by atoms with Crippen LogP contribution in [0.5, 0.6) is 0 Å². The highest BCUT2D eigenvalue weighted by atomic mass is 14.4. The van der Waals surface area contributed by atoms with Gasteiger partial charge in [-0.2, -0.15) is 0 Å². The quantitative estimate of drug-likeness (QED) is 0.293. The molecular formula is C32H62. The van der Waals surface area contributed by atoms with Gasteiger partial charge in [-0.15, -0.1) is 0 Å². The first-order chi connectivity index (χ1) is 15.4. The van der Waals surface area contributed by atoms with Crippen LogP contribution in [0.3, 0.4) is 0 Å². The van der Waals surface area contributed by atoms with Gasteiger partial charge < -0.3 is 0 Å². The predicted octanol–water partition coefficient (Wildman–Crippen LogP) is 11.1. The molecule has 0 heterocycles. The Hall–Kier alpha value is 0. The maximum Gasteiger partial charge on any atom is -0.0357 e. The third-order valence-electron chi connectivity index (χ3n) is 9.79. The molecule has 3 rings (SSSR count). The number of hydrogen-bond acceptors (Lipinski definition) is 0. The molecule has 0 heteroatoms. The maximum absolute atomic E-state index is 2.62. The van der Waals surface area contributed by atoms with Crippen molar-refractivity contribution < 1.29 is 0 Å². The van der Waals surface area contributed by atoms with Crippen LogP contribution in [0.15, 0.2) is 0 Å². The molecule has 0 radical (unpaired) electrons. The van der Waals surface area contributed by atoms with Crippen LogP contribution in [-0.4, -0.2) is 0 Å². The third-order valence-corrected chi connectivity index (χ3v) is 9.79. The predicted molar refractivity (Wildman–Crippen MR) is 145 cm³/mol. The van der Waals surface area contributed by atoms with E-state index in [2.05, 4.69) is 41.5 Å². The number of unbranched alkanes of at least 4 members (excludes halogenated alkanes) is 5. The third kappa shape index (κ3) is 10.1. The summed E-state index contributed by atoms with van der Waals surface area (Å²) in [5, 5.41) is 0. The minimum Gasteiger partial charge on any atom is -0.0654 e. The summed E-state index contributed by atoms with van der Waals surface area (Å²) in [6, 6.07) is 0. The molecule has 190 valence electrons. The summed E-state index contributed by atoms with van der Waals surface area (Å²) in [6.07, 6.45) is 26.8. The highest BCUT2D eigenvalue weighted by Crippen LogP contribution is 2.48. The Labute approximate surface area is 204 Å². The Bertz CT molecular complexity index is 439. The van der Waals surface area contributed by atoms with Crippen molar-refractivity contribution >= 4 is 0 Å². The second kappa shape index (κ2) is 15.8. The topological polar surface area (TPSA) is 0 Å². The molecule has 7 atom stereocenters. The van der Waals surface area contributed by atoms with Crippen molar-refractivity contribution in [3.8, 4) is 0 Å². The first-order valence-electron chi connectivity index (χ1n) is 15.4. The minimum absolute atomic E-state index is 0.988. The van der Waals surface area contributed by atoms with Gasteiger partial charge in [0.2, 0.25) is 0 Å². The summed E-state index contributed by atoms with van der Waals surface area (Å²) in [4.78, 5) is 0. The van der Waals surface area contributed by atoms with Gasteiger partial charge in [-0.05, 0) is 85.9 Å². The number of rotatable bonds is 10. The Kier molecular flexibility index (Phi) is 14.0. The van der Waals surface area contributed by atoms with Gasteiger partial charge in [-0.25, -0.2) is 0 Å². The number of hydrogen-bond donors (Lipinski definition) is 0. The SMILES string of the molecule is CC1CC(C)CC(CCCCC2CCC(C3CCCC(C)C3)C2C)C1.CCCCCCC. The van der Waals surface area contributed by atoms with Crippen LogP contribution < -0.4 is 0 Å². The van der Waals surface area contributed by atoms with Gasteiger partial charge in [0.15, 0.2) is 0 Å². The Morgan fingerprint density at radius 3 is 1.84 bits per heavy atom. The molecule has 32 heavy (non-hydrogen) atoms. The molecule has 0 nitrogen and oxygen atoms in total. The van der Waals surface area contributed by atoms with E-state index in [0.717, 1.165) is 47.3 Å². The zero-order valence-corrected chi connectivity index (χ0v) is 23.3. The Balaban J connectivity index is 0.000000451. The van der Waals surface area contributed by atoms with Gasteiger partial charge in [0.25, 0.3) is 0 Å². The summed E-state index contributed by atoms with van der Waals surface area (Å²) in [5.74, 6) is 8.27. The van der Waals surface area contributed by atoms with E-state index in [1.54, 1.807) is 25.7 Å². The van der Waals surface area contributed by atoms with Crippen LogP contribution in [0, 0.1) is 47.3 Å². The lowest BCUT2D eigenvalue weighted by molar-refractivity contribution is 0.161. The summed E-state index contributed by atoms with van der Waals surface area (Å²) < 4.78 is 0. The van der Waals surface area contributed by atoms with Crippen molar-refractivity contribution in [3.05, 3.63) is 0 Å². The van der Waals surface area contributed by atoms with Crippen molar-refractivity contribution in [1.29, 1.82) is 0 Å². The van der Waals surface area contributed by atoms with Gasteiger partial charge in [0.05, 0.1) is 0 Å². The first kappa shape index (κ1) is 28.2. The van der Waals surface area contributed by atoms with E-state index in [4.69, 9.17) is 0 Å². The monoisotopic (exact) mass is 446 g/mol. The van der Waals surface area contributed by atoms with E-state index < -0.39 is 0 Å². The molecule has 7 unspecified atom stereocenters. The maximum atomic E-state index is 2.62. The zero-order chi connectivity index (χ0) is 23.3.